The number of aromatic nitrogens is 4. The molecule has 200 valence electrons. The molecule has 3 saturated heterocycles. The van der Waals surface area contributed by atoms with E-state index in [2.05, 4.69) is 46.7 Å². The lowest BCUT2D eigenvalue weighted by Crippen LogP contribution is -2.72. The molecule has 3 aliphatic rings. The van der Waals surface area contributed by atoms with Crippen molar-refractivity contribution in [2.24, 2.45) is 0 Å². The Balaban J connectivity index is 1.32. The van der Waals surface area contributed by atoms with Gasteiger partial charge in [-0.25, -0.2) is 0 Å². The average Bonchev–Trinajstić information content (AvgIpc) is 3.56. The van der Waals surface area contributed by atoms with E-state index >= 15 is 0 Å². The summed E-state index contributed by atoms with van der Waals surface area (Å²) in [6.45, 7) is 11.1. The van der Waals surface area contributed by atoms with Crippen molar-refractivity contribution >= 4 is 23.6 Å². The van der Waals surface area contributed by atoms with Crippen molar-refractivity contribution in [2.45, 2.75) is 101 Å². The second kappa shape index (κ2) is 9.90. The molecule has 1 aromatic carbocycles. The highest BCUT2D eigenvalue weighted by atomic mass is 32.2. The number of thioether (sulfide) groups is 1. The lowest BCUT2D eigenvalue weighted by Gasteiger charge is -2.51. The van der Waals surface area contributed by atoms with E-state index in [4.69, 9.17) is 4.74 Å². The number of fused-ring (bicyclic) bond motifs is 1. The van der Waals surface area contributed by atoms with Crippen LogP contribution in [-0.2, 0) is 9.59 Å². The predicted octanol–water partition coefficient (Wildman–Crippen LogP) is 3.56. The summed E-state index contributed by atoms with van der Waals surface area (Å²) in [6.07, 6.45) is 5.31. The first-order valence-corrected chi connectivity index (χ1v) is 14.2. The van der Waals surface area contributed by atoms with Crippen molar-refractivity contribution in [3.8, 4) is 5.75 Å². The standard InChI is InChI=1S/C26H37N7O3S/c1-6-8-9-10-15-36-17-13-11-16(12-14-17)18-22(34)33(26(5,7-2)27-18)19-23(35)32-20(21-28-30-31-29-21)25(3,4)37-24(19)32/h11-14,18-20,24,27H,6-10,15H2,1-5H3,(H,28,29,30,31)/t18?,19?,20?,24-,26?/m0/s1. The third kappa shape index (κ3) is 4.39. The molecule has 0 radical (unpaired) electrons. The second-order valence-electron chi connectivity index (χ2n) is 10.9. The number of amides is 2. The van der Waals surface area contributed by atoms with Gasteiger partial charge < -0.3 is 14.5 Å². The van der Waals surface area contributed by atoms with Gasteiger partial charge in [0.1, 0.15) is 29.2 Å². The summed E-state index contributed by atoms with van der Waals surface area (Å²) in [7, 11) is 0. The van der Waals surface area contributed by atoms with E-state index in [0.29, 0.717) is 18.9 Å². The van der Waals surface area contributed by atoms with Crippen LogP contribution >= 0.6 is 11.8 Å². The summed E-state index contributed by atoms with van der Waals surface area (Å²) in [5, 5.41) is 17.9. The fourth-order valence-corrected chi connectivity index (χ4v) is 7.45. The number of carbonyl (C=O) groups excluding carboxylic acids is 2. The summed E-state index contributed by atoms with van der Waals surface area (Å²) < 4.78 is 5.57. The molecule has 11 heteroatoms. The predicted molar refractivity (Wildman–Crippen MR) is 141 cm³/mol. The Morgan fingerprint density at radius 3 is 2.46 bits per heavy atom. The first-order chi connectivity index (χ1) is 17.7. The number of nitrogens with zero attached hydrogens (tertiary/aromatic N) is 5. The van der Waals surface area contributed by atoms with Gasteiger partial charge in [0.2, 0.25) is 11.8 Å². The molecule has 0 bridgehead atoms. The highest BCUT2D eigenvalue weighted by molar-refractivity contribution is 8.01. The molecule has 2 N–H and O–H groups in total. The quantitative estimate of drug-likeness (QED) is 0.356. The van der Waals surface area contributed by atoms with Crippen LogP contribution in [0.4, 0.5) is 0 Å². The monoisotopic (exact) mass is 527 g/mol. The van der Waals surface area contributed by atoms with Crippen LogP contribution in [0.25, 0.3) is 0 Å². The topological polar surface area (TPSA) is 116 Å². The number of unbranched alkanes of at least 4 members (excludes halogenated alkanes) is 3. The number of hydrogen-bond donors (Lipinski definition) is 2. The lowest BCUT2D eigenvalue weighted by atomic mass is 9.93. The number of aromatic amines is 1. The van der Waals surface area contributed by atoms with Gasteiger partial charge in [-0.15, -0.1) is 22.0 Å². The number of hydrogen-bond acceptors (Lipinski definition) is 8. The summed E-state index contributed by atoms with van der Waals surface area (Å²) >= 11 is 1.69. The van der Waals surface area contributed by atoms with Gasteiger partial charge in [-0.2, -0.15) is 5.21 Å². The minimum absolute atomic E-state index is 0.0693. The van der Waals surface area contributed by atoms with Crippen LogP contribution in [0.15, 0.2) is 24.3 Å². The van der Waals surface area contributed by atoms with Crippen LogP contribution in [0.2, 0.25) is 0 Å². The lowest BCUT2D eigenvalue weighted by molar-refractivity contribution is -0.166. The highest BCUT2D eigenvalue weighted by Crippen LogP contribution is 2.58. The van der Waals surface area contributed by atoms with E-state index in [9.17, 15) is 9.59 Å². The van der Waals surface area contributed by atoms with Gasteiger partial charge in [0.15, 0.2) is 5.82 Å². The molecule has 2 amide bonds. The molecule has 0 saturated carbocycles. The molecule has 5 rings (SSSR count). The number of ether oxygens (including phenoxy) is 1. The van der Waals surface area contributed by atoms with E-state index in [-0.39, 0.29) is 28.0 Å². The Bertz CT molecular complexity index is 1130. The van der Waals surface area contributed by atoms with E-state index in [1.54, 1.807) is 16.7 Å². The number of carbonyl (C=O) groups is 2. The van der Waals surface area contributed by atoms with Crippen LogP contribution in [0.1, 0.15) is 90.2 Å². The van der Waals surface area contributed by atoms with Gasteiger partial charge in [0.05, 0.1) is 12.3 Å². The first-order valence-electron chi connectivity index (χ1n) is 13.3. The van der Waals surface area contributed by atoms with Gasteiger partial charge >= 0.3 is 0 Å². The smallest absolute Gasteiger partial charge is 0.250 e. The van der Waals surface area contributed by atoms with E-state index in [0.717, 1.165) is 17.7 Å². The molecular weight excluding hydrogens is 490 g/mol. The van der Waals surface area contributed by atoms with Gasteiger partial charge in [-0.05, 0) is 51.3 Å². The maximum atomic E-state index is 13.9. The van der Waals surface area contributed by atoms with Crippen molar-refractivity contribution < 1.29 is 14.3 Å². The minimum Gasteiger partial charge on any atom is -0.494 e. The van der Waals surface area contributed by atoms with E-state index in [1.165, 1.54) is 19.3 Å². The number of benzene rings is 1. The van der Waals surface area contributed by atoms with Crippen molar-refractivity contribution in [3.63, 3.8) is 0 Å². The molecule has 1 aromatic heterocycles. The fraction of sp³-hybridized carbons (Fsp3) is 0.654. The molecule has 2 aromatic rings. The zero-order valence-electron chi connectivity index (χ0n) is 22.2. The molecule has 0 spiro atoms. The highest BCUT2D eigenvalue weighted by Gasteiger charge is 2.68. The number of β-lactam (4-membered cyclic amide) rings is 1. The Morgan fingerprint density at radius 1 is 1.05 bits per heavy atom. The van der Waals surface area contributed by atoms with Crippen molar-refractivity contribution in [1.29, 1.82) is 0 Å². The average molecular weight is 528 g/mol. The Morgan fingerprint density at radius 2 is 1.81 bits per heavy atom. The maximum absolute atomic E-state index is 13.9. The third-order valence-corrected chi connectivity index (χ3v) is 9.49. The number of tetrazole rings is 1. The zero-order valence-corrected chi connectivity index (χ0v) is 23.0. The largest absolute Gasteiger partial charge is 0.494 e. The van der Waals surface area contributed by atoms with Crippen LogP contribution < -0.4 is 10.1 Å². The third-order valence-electron chi connectivity index (χ3n) is 7.94. The molecule has 4 heterocycles. The van der Waals surface area contributed by atoms with Crippen LogP contribution in [-0.4, -0.2) is 70.7 Å². The van der Waals surface area contributed by atoms with Gasteiger partial charge in [0.25, 0.3) is 0 Å². The number of rotatable bonds is 10. The maximum Gasteiger partial charge on any atom is 0.250 e. The molecule has 10 nitrogen and oxygen atoms in total. The Labute approximate surface area is 222 Å². The normalized spacial score (nSPS) is 30.5. The van der Waals surface area contributed by atoms with Crippen molar-refractivity contribution in [1.82, 2.24) is 35.7 Å². The SMILES string of the molecule is CCCCCCOc1ccc(C2NC(C)(CC)N(C3C(=O)N4C(c5nn[nH]n5)C(C)(C)S[C@@H]34)C2=O)cc1. The van der Waals surface area contributed by atoms with E-state index in [1.807, 2.05) is 43.0 Å². The van der Waals surface area contributed by atoms with Crippen LogP contribution in [0.5, 0.6) is 5.75 Å². The summed E-state index contributed by atoms with van der Waals surface area (Å²) in [5.41, 5.74) is 0.232. The minimum atomic E-state index is -0.641. The van der Waals surface area contributed by atoms with Gasteiger partial charge in [-0.3, -0.25) is 14.9 Å². The Hall–Kier alpha value is -2.66. The molecule has 4 unspecified atom stereocenters. The van der Waals surface area contributed by atoms with Crippen molar-refractivity contribution in [3.05, 3.63) is 35.7 Å². The number of H-pyrrole nitrogens is 1. The summed E-state index contributed by atoms with van der Waals surface area (Å²) in [5.74, 6) is 1.17. The van der Waals surface area contributed by atoms with E-state index < -0.39 is 17.7 Å². The number of nitrogens with one attached hydrogen (secondary N) is 2. The Kier molecular flexibility index (Phi) is 6.95. The van der Waals surface area contributed by atoms with Crippen LogP contribution in [0, 0.1) is 0 Å². The second-order valence-corrected chi connectivity index (χ2v) is 12.6. The fourth-order valence-electron chi connectivity index (χ4n) is 5.78. The summed E-state index contributed by atoms with van der Waals surface area (Å²) in [6, 6.07) is 6.40. The molecule has 3 fully saturated rings. The van der Waals surface area contributed by atoms with Crippen molar-refractivity contribution in [2.75, 3.05) is 6.61 Å². The molecule has 3 aliphatic heterocycles. The molecule has 37 heavy (non-hydrogen) atoms. The molecular formula is C26H37N7O3S. The van der Waals surface area contributed by atoms with Gasteiger partial charge in [0, 0.05) is 4.75 Å². The molecule has 0 aliphatic carbocycles. The van der Waals surface area contributed by atoms with Crippen LogP contribution in [0.3, 0.4) is 0 Å². The zero-order chi connectivity index (χ0) is 26.4. The first kappa shape index (κ1) is 26.0. The molecule has 5 atom stereocenters. The van der Waals surface area contributed by atoms with Gasteiger partial charge in [-0.1, -0.05) is 50.5 Å². The summed E-state index contributed by atoms with van der Waals surface area (Å²) in [4.78, 5) is 31.1.